The predicted octanol–water partition coefficient (Wildman–Crippen LogP) is 3.24. The van der Waals surface area contributed by atoms with Crippen LogP contribution in [0.5, 0.6) is 0 Å². The van der Waals surface area contributed by atoms with Gasteiger partial charge in [-0.1, -0.05) is 60.7 Å². The molecule has 4 heteroatoms. The lowest BCUT2D eigenvalue weighted by atomic mass is 10.0. The van der Waals surface area contributed by atoms with Gasteiger partial charge < -0.3 is 10.1 Å². The molecule has 2 aromatic carbocycles. The molecule has 0 bridgehead atoms. The maximum atomic E-state index is 12.1. The van der Waals surface area contributed by atoms with Crippen LogP contribution in [0, 0.1) is 0 Å². The van der Waals surface area contributed by atoms with Gasteiger partial charge in [-0.2, -0.15) is 0 Å². The van der Waals surface area contributed by atoms with Gasteiger partial charge in [0.25, 0.3) is 0 Å². The van der Waals surface area contributed by atoms with Crippen molar-refractivity contribution in [2.75, 3.05) is 6.54 Å². The van der Waals surface area contributed by atoms with E-state index in [9.17, 15) is 9.59 Å². The van der Waals surface area contributed by atoms with Crippen molar-refractivity contribution in [1.29, 1.82) is 0 Å². The smallest absolute Gasteiger partial charge is 0.306 e. The van der Waals surface area contributed by atoms with Gasteiger partial charge in [-0.25, -0.2) is 0 Å². The summed E-state index contributed by atoms with van der Waals surface area (Å²) in [5.74, 6) is -0.363. The average Bonchev–Trinajstić information content (AvgIpc) is 2.58. The number of amides is 1. The Kier molecular flexibility index (Phi) is 6.36. The highest BCUT2D eigenvalue weighted by atomic mass is 16.5. The van der Waals surface area contributed by atoms with E-state index >= 15 is 0 Å². The SMILES string of the molecule is CC(=O)NCCCC(=O)OC(c1ccccc1)c1ccccc1. The fraction of sp³-hybridized carbons (Fsp3) is 0.263. The second-order valence-corrected chi connectivity index (χ2v) is 5.28. The van der Waals surface area contributed by atoms with Gasteiger partial charge in [0.2, 0.25) is 5.91 Å². The molecular weight excluding hydrogens is 290 g/mol. The first-order valence-corrected chi connectivity index (χ1v) is 7.70. The van der Waals surface area contributed by atoms with Crippen LogP contribution in [0.4, 0.5) is 0 Å². The molecule has 120 valence electrons. The molecule has 0 radical (unpaired) electrons. The van der Waals surface area contributed by atoms with E-state index in [0.717, 1.165) is 11.1 Å². The van der Waals surface area contributed by atoms with Crippen LogP contribution in [0.25, 0.3) is 0 Å². The minimum absolute atomic E-state index is 0.0928. The zero-order valence-electron chi connectivity index (χ0n) is 13.2. The molecule has 2 rings (SSSR count). The number of hydrogen-bond acceptors (Lipinski definition) is 3. The molecule has 0 aliphatic rings. The fourth-order valence-electron chi connectivity index (χ4n) is 2.27. The molecule has 0 atom stereocenters. The first-order chi connectivity index (χ1) is 11.2. The molecule has 1 amide bonds. The maximum Gasteiger partial charge on any atom is 0.306 e. The molecule has 0 spiro atoms. The van der Waals surface area contributed by atoms with Crippen molar-refractivity contribution in [3.8, 4) is 0 Å². The Morgan fingerprint density at radius 2 is 1.48 bits per heavy atom. The number of benzene rings is 2. The Hall–Kier alpha value is -2.62. The third kappa shape index (κ3) is 5.58. The van der Waals surface area contributed by atoms with E-state index in [1.807, 2.05) is 60.7 Å². The quantitative estimate of drug-likeness (QED) is 0.631. The highest BCUT2D eigenvalue weighted by Crippen LogP contribution is 2.26. The molecule has 2 aromatic rings. The zero-order valence-corrected chi connectivity index (χ0v) is 13.2. The Bertz CT molecular complexity index is 586. The van der Waals surface area contributed by atoms with Gasteiger partial charge >= 0.3 is 5.97 Å². The van der Waals surface area contributed by atoms with Crippen LogP contribution in [0.3, 0.4) is 0 Å². The summed E-state index contributed by atoms with van der Waals surface area (Å²) in [6.45, 7) is 1.94. The predicted molar refractivity (Wildman–Crippen MR) is 88.7 cm³/mol. The van der Waals surface area contributed by atoms with E-state index in [1.54, 1.807) is 0 Å². The van der Waals surface area contributed by atoms with Crippen LogP contribution in [0.2, 0.25) is 0 Å². The third-order valence-electron chi connectivity index (χ3n) is 3.39. The van der Waals surface area contributed by atoms with Crippen molar-refractivity contribution in [3.05, 3.63) is 71.8 Å². The second-order valence-electron chi connectivity index (χ2n) is 5.28. The van der Waals surface area contributed by atoms with Gasteiger partial charge in [0, 0.05) is 19.9 Å². The number of rotatable bonds is 7. The molecule has 0 fully saturated rings. The molecule has 0 unspecified atom stereocenters. The van der Waals surface area contributed by atoms with E-state index in [4.69, 9.17) is 4.74 Å². The summed E-state index contributed by atoms with van der Waals surface area (Å²) in [5.41, 5.74) is 1.88. The fourth-order valence-corrected chi connectivity index (χ4v) is 2.27. The first kappa shape index (κ1) is 16.7. The van der Waals surface area contributed by atoms with Crippen molar-refractivity contribution >= 4 is 11.9 Å². The van der Waals surface area contributed by atoms with E-state index in [0.29, 0.717) is 13.0 Å². The maximum absolute atomic E-state index is 12.1. The van der Waals surface area contributed by atoms with Crippen LogP contribution in [0.1, 0.15) is 37.0 Å². The summed E-state index contributed by atoms with van der Waals surface area (Å²) in [7, 11) is 0. The highest BCUT2D eigenvalue weighted by Gasteiger charge is 2.18. The van der Waals surface area contributed by atoms with Gasteiger partial charge in [0.15, 0.2) is 6.10 Å². The lowest BCUT2D eigenvalue weighted by Crippen LogP contribution is -2.22. The molecule has 23 heavy (non-hydrogen) atoms. The molecule has 0 saturated heterocycles. The minimum Gasteiger partial charge on any atom is -0.453 e. The summed E-state index contributed by atoms with van der Waals surface area (Å²) in [6.07, 6.45) is 0.427. The normalized spacial score (nSPS) is 10.3. The number of hydrogen-bond donors (Lipinski definition) is 1. The van der Waals surface area contributed by atoms with Crippen molar-refractivity contribution in [3.63, 3.8) is 0 Å². The lowest BCUT2D eigenvalue weighted by Gasteiger charge is -2.19. The number of ether oxygens (including phenoxy) is 1. The molecule has 1 N–H and O–H groups in total. The topological polar surface area (TPSA) is 55.4 Å². The Morgan fingerprint density at radius 3 is 1.96 bits per heavy atom. The van der Waals surface area contributed by atoms with E-state index < -0.39 is 6.10 Å². The number of nitrogens with one attached hydrogen (secondary N) is 1. The van der Waals surface area contributed by atoms with Gasteiger partial charge in [0.05, 0.1) is 0 Å². The number of carbonyl (C=O) groups is 2. The van der Waals surface area contributed by atoms with Crippen molar-refractivity contribution in [1.82, 2.24) is 5.32 Å². The Balaban J connectivity index is 2.01. The molecule has 0 aromatic heterocycles. The molecule has 0 aliphatic carbocycles. The zero-order chi connectivity index (χ0) is 16.5. The Labute approximate surface area is 136 Å². The first-order valence-electron chi connectivity index (χ1n) is 7.70. The van der Waals surface area contributed by atoms with Gasteiger partial charge in [0.1, 0.15) is 0 Å². The Morgan fingerprint density at radius 1 is 0.957 bits per heavy atom. The standard InChI is InChI=1S/C19H21NO3/c1-15(21)20-14-8-13-18(22)23-19(16-9-4-2-5-10-16)17-11-6-3-7-12-17/h2-7,9-12,19H,8,13-14H2,1H3,(H,20,21). The summed E-state index contributed by atoms with van der Waals surface area (Å²) in [4.78, 5) is 22.9. The second kappa shape index (κ2) is 8.73. The summed E-state index contributed by atoms with van der Waals surface area (Å²) in [5, 5.41) is 2.67. The summed E-state index contributed by atoms with van der Waals surface area (Å²) >= 11 is 0. The minimum atomic E-state index is -0.411. The monoisotopic (exact) mass is 311 g/mol. The molecule has 4 nitrogen and oxygen atoms in total. The molecular formula is C19H21NO3. The van der Waals surface area contributed by atoms with E-state index in [2.05, 4.69) is 5.32 Å². The van der Waals surface area contributed by atoms with E-state index in [-0.39, 0.29) is 18.3 Å². The van der Waals surface area contributed by atoms with E-state index in [1.165, 1.54) is 6.92 Å². The largest absolute Gasteiger partial charge is 0.453 e. The van der Waals surface area contributed by atoms with Crippen molar-refractivity contribution < 1.29 is 14.3 Å². The average molecular weight is 311 g/mol. The van der Waals surface area contributed by atoms with Crippen LogP contribution >= 0.6 is 0 Å². The summed E-state index contributed by atoms with van der Waals surface area (Å²) < 4.78 is 5.68. The van der Waals surface area contributed by atoms with Crippen molar-refractivity contribution in [2.24, 2.45) is 0 Å². The lowest BCUT2D eigenvalue weighted by molar-refractivity contribution is -0.147. The number of esters is 1. The highest BCUT2D eigenvalue weighted by molar-refractivity contribution is 5.73. The van der Waals surface area contributed by atoms with Crippen LogP contribution in [-0.4, -0.2) is 18.4 Å². The van der Waals surface area contributed by atoms with Gasteiger partial charge in [-0.3, -0.25) is 9.59 Å². The van der Waals surface area contributed by atoms with Crippen LogP contribution in [-0.2, 0) is 14.3 Å². The summed E-state index contributed by atoms with van der Waals surface area (Å²) in [6, 6.07) is 19.4. The molecule has 0 aliphatic heterocycles. The van der Waals surface area contributed by atoms with Crippen LogP contribution < -0.4 is 5.32 Å². The molecule has 0 saturated carbocycles. The third-order valence-corrected chi connectivity index (χ3v) is 3.39. The van der Waals surface area contributed by atoms with Crippen molar-refractivity contribution in [2.45, 2.75) is 25.9 Å². The molecule has 0 heterocycles. The van der Waals surface area contributed by atoms with Gasteiger partial charge in [-0.15, -0.1) is 0 Å². The van der Waals surface area contributed by atoms with Gasteiger partial charge in [-0.05, 0) is 17.5 Å². The number of carbonyl (C=O) groups excluding carboxylic acids is 2. The van der Waals surface area contributed by atoms with Crippen LogP contribution in [0.15, 0.2) is 60.7 Å².